The molecule has 2 aromatic rings. The van der Waals surface area contributed by atoms with Crippen molar-refractivity contribution in [2.75, 3.05) is 0 Å². The monoisotopic (exact) mass is 334 g/mol. The second kappa shape index (κ2) is 5.48. The fraction of sp³-hybridized carbons (Fsp3) is 0.167. The largest absolute Gasteiger partial charge is 0.387 e. The Hall–Kier alpha value is -0.420. The number of benzene rings is 1. The summed E-state index contributed by atoms with van der Waals surface area (Å²) in [6, 6.07) is 6.46. The quantitative estimate of drug-likeness (QED) is 0.870. The van der Waals surface area contributed by atoms with Gasteiger partial charge in [0.15, 0.2) is 0 Å². The van der Waals surface area contributed by atoms with Crippen LogP contribution in [0.5, 0.6) is 0 Å². The third kappa shape index (κ3) is 3.07. The number of aliphatic hydroxyl groups excluding tert-OH is 1. The average Bonchev–Trinajstić information content (AvgIpc) is 2.70. The Morgan fingerprint density at radius 3 is 2.76 bits per heavy atom. The summed E-state index contributed by atoms with van der Waals surface area (Å²) >= 11 is 10.4. The molecule has 1 aromatic carbocycles. The van der Waals surface area contributed by atoms with Gasteiger partial charge in [0.05, 0.1) is 11.1 Å². The predicted molar refractivity (Wildman–Crippen MR) is 72.1 cm³/mol. The molecule has 0 radical (unpaired) electrons. The van der Waals surface area contributed by atoms with Gasteiger partial charge in [-0.25, -0.2) is 4.39 Å². The van der Waals surface area contributed by atoms with Gasteiger partial charge in [0.2, 0.25) is 0 Å². The first-order chi connectivity index (χ1) is 8.08. The molecule has 1 N–H and O–H groups in total. The maximum atomic E-state index is 13.2. The fourth-order valence-electron chi connectivity index (χ4n) is 1.53. The van der Waals surface area contributed by atoms with E-state index >= 15 is 0 Å². The van der Waals surface area contributed by atoms with Crippen molar-refractivity contribution in [3.05, 3.63) is 55.4 Å². The Bertz CT molecular complexity index is 529. The molecule has 90 valence electrons. The van der Waals surface area contributed by atoms with E-state index in [1.54, 1.807) is 6.07 Å². The van der Waals surface area contributed by atoms with Crippen LogP contribution in [0.2, 0.25) is 5.02 Å². The topological polar surface area (TPSA) is 20.2 Å². The van der Waals surface area contributed by atoms with Crippen LogP contribution in [0.1, 0.15) is 16.5 Å². The molecule has 0 aliphatic heterocycles. The van der Waals surface area contributed by atoms with Gasteiger partial charge in [0.1, 0.15) is 5.82 Å². The fourth-order valence-corrected chi connectivity index (χ4v) is 3.27. The summed E-state index contributed by atoms with van der Waals surface area (Å²) in [6.45, 7) is 0. The summed E-state index contributed by atoms with van der Waals surface area (Å²) in [5.41, 5.74) is 0.722. The molecule has 1 nitrogen and oxygen atoms in total. The summed E-state index contributed by atoms with van der Waals surface area (Å²) in [5.74, 6) is -0.457. The van der Waals surface area contributed by atoms with E-state index < -0.39 is 11.9 Å². The van der Waals surface area contributed by atoms with E-state index in [1.165, 1.54) is 23.5 Å². The van der Waals surface area contributed by atoms with E-state index in [-0.39, 0.29) is 5.02 Å². The van der Waals surface area contributed by atoms with Crippen molar-refractivity contribution in [1.29, 1.82) is 0 Å². The zero-order valence-electron chi connectivity index (χ0n) is 8.66. The Kier molecular flexibility index (Phi) is 4.20. The van der Waals surface area contributed by atoms with Gasteiger partial charge in [0.25, 0.3) is 0 Å². The van der Waals surface area contributed by atoms with Gasteiger partial charge >= 0.3 is 0 Å². The lowest BCUT2D eigenvalue weighted by Gasteiger charge is -2.10. The van der Waals surface area contributed by atoms with Crippen LogP contribution in [0.15, 0.2) is 34.1 Å². The third-order valence-electron chi connectivity index (χ3n) is 2.36. The highest BCUT2D eigenvalue weighted by Crippen LogP contribution is 2.31. The number of halogens is 3. The minimum absolute atomic E-state index is 0.0977. The van der Waals surface area contributed by atoms with Gasteiger partial charge in [-0.1, -0.05) is 17.7 Å². The standard InChI is InChI=1S/C12H9BrClFOS/c13-8-3-4-17-12(8)11(16)6-7-1-2-9(14)10(15)5-7/h1-5,11,16H,6H2. The van der Waals surface area contributed by atoms with Gasteiger partial charge in [-0.3, -0.25) is 0 Å². The van der Waals surface area contributed by atoms with E-state index in [2.05, 4.69) is 15.9 Å². The highest BCUT2D eigenvalue weighted by molar-refractivity contribution is 9.10. The van der Waals surface area contributed by atoms with Crippen molar-refractivity contribution in [1.82, 2.24) is 0 Å². The second-order valence-electron chi connectivity index (χ2n) is 3.60. The first kappa shape index (κ1) is 13.0. The van der Waals surface area contributed by atoms with Crippen LogP contribution in [-0.2, 0) is 6.42 Å². The molecule has 5 heteroatoms. The van der Waals surface area contributed by atoms with Gasteiger partial charge < -0.3 is 5.11 Å². The minimum atomic E-state index is -0.634. The minimum Gasteiger partial charge on any atom is -0.387 e. The van der Waals surface area contributed by atoms with Crippen LogP contribution < -0.4 is 0 Å². The molecule has 17 heavy (non-hydrogen) atoms. The lowest BCUT2D eigenvalue weighted by molar-refractivity contribution is 0.181. The maximum absolute atomic E-state index is 13.2. The van der Waals surface area contributed by atoms with Crippen molar-refractivity contribution in [2.24, 2.45) is 0 Å². The summed E-state index contributed by atoms with van der Waals surface area (Å²) in [4.78, 5) is 0.848. The molecule has 2 rings (SSSR count). The van der Waals surface area contributed by atoms with Crippen molar-refractivity contribution < 1.29 is 9.50 Å². The van der Waals surface area contributed by atoms with E-state index in [0.29, 0.717) is 6.42 Å². The van der Waals surface area contributed by atoms with Crippen LogP contribution in [0.3, 0.4) is 0 Å². The second-order valence-corrected chi connectivity index (χ2v) is 5.81. The zero-order chi connectivity index (χ0) is 12.4. The molecular weight excluding hydrogens is 327 g/mol. The van der Waals surface area contributed by atoms with E-state index in [4.69, 9.17) is 11.6 Å². The maximum Gasteiger partial charge on any atom is 0.142 e. The summed E-state index contributed by atoms with van der Waals surface area (Å²) < 4.78 is 14.1. The first-order valence-corrected chi connectivity index (χ1v) is 6.98. The lowest BCUT2D eigenvalue weighted by atomic mass is 10.1. The molecule has 1 aromatic heterocycles. The molecule has 0 spiro atoms. The van der Waals surface area contributed by atoms with Gasteiger partial charge in [-0.15, -0.1) is 11.3 Å². The van der Waals surface area contributed by atoms with E-state index in [0.717, 1.165) is 14.9 Å². The smallest absolute Gasteiger partial charge is 0.142 e. The zero-order valence-corrected chi connectivity index (χ0v) is 11.8. The van der Waals surface area contributed by atoms with Crippen LogP contribution in [-0.4, -0.2) is 5.11 Å². The molecule has 0 saturated heterocycles. The summed E-state index contributed by atoms with van der Waals surface area (Å²) in [7, 11) is 0. The Labute approximate surface area is 116 Å². The number of rotatable bonds is 3. The number of aliphatic hydroxyl groups is 1. The molecule has 1 atom stereocenters. The van der Waals surface area contributed by atoms with Crippen LogP contribution in [0, 0.1) is 5.82 Å². The molecule has 0 aliphatic rings. The summed E-state index contributed by atoms with van der Waals surface area (Å²) in [6.07, 6.45) is -0.266. The lowest BCUT2D eigenvalue weighted by Crippen LogP contribution is -2.00. The van der Waals surface area contributed by atoms with Gasteiger partial charge in [-0.05, 0) is 45.1 Å². The Morgan fingerprint density at radius 2 is 2.18 bits per heavy atom. The van der Waals surface area contributed by atoms with Gasteiger partial charge in [0, 0.05) is 15.8 Å². The Morgan fingerprint density at radius 1 is 1.41 bits per heavy atom. The van der Waals surface area contributed by atoms with Crippen LogP contribution in [0.4, 0.5) is 4.39 Å². The highest BCUT2D eigenvalue weighted by atomic mass is 79.9. The van der Waals surface area contributed by atoms with Crippen molar-refractivity contribution in [3.8, 4) is 0 Å². The van der Waals surface area contributed by atoms with E-state index in [1.807, 2.05) is 11.4 Å². The average molecular weight is 336 g/mol. The third-order valence-corrected chi connectivity index (χ3v) is 4.64. The van der Waals surface area contributed by atoms with Crippen molar-refractivity contribution >= 4 is 38.9 Å². The number of thiophene rings is 1. The van der Waals surface area contributed by atoms with Crippen LogP contribution in [0.25, 0.3) is 0 Å². The van der Waals surface area contributed by atoms with Gasteiger partial charge in [-0.2, -0.15) is 0 Å². The molecule has 0 amide bonds. The van der Waals surface area contributed by atoms with Crippen molar-refractivity contribution in [2.45, 2.75) is 12.5 Å². The molecule has 0 bridgehead atoms. The predicted octanol–water partition coefficient (Wildman–Crippen LogP) is 4.58. The number of hydrogen-bond donors (Lipinski definition) is 1. The molecular formula is C12H9BrClFOS. The molecule has 0 fully saturated rings. The van der Waals surface area contributed by atoms with E-state index in [9.17, 15) is 9.50 Å². The first-order valence-electron chi connectivity index (χ1n) is 4.93. The molecule has 0 aliphatic carbocycles. The molecule has 0 saturated carbocycles. The Balaban J connectivity index is 2.16. The normalized spacial score (nSPS) is 12.7. The summed E-state index contributed by atoms with van der Waals surface area (Å²) in [5, 5.41) is 12.0. The van der Waals surface area contributed by atoms with Crippen LogP contribution >= 0.6 is 38.9 Å². The SMILES string of the molecule is OC(Cc1ccc(Cl)c(F)c1)c1sccc1Br. The highest BCUT2D eigenvalue weighted by Gasteiger charge is 2.14. The van der Waals surface area contributed by atoms with Crippen molar-refractivity contribution in [3.63, 3.8) is 0 Å². The number of hydrogen-bond acceptors (Lipinski definition) is 2. The molecule has 1 unspecified atom stereocenters. The molecule has 1 heterocycles.